The number of anilines is 2. The maximum absolute atomic E-state index is 7.40. The fraction of sp³-hybridized carbons (Fsp3) is 0.263. The second-order valence-corrected chi connectivity index (χ2v) is 6.50. The molecule has 2 aliphatic heterocycles. The van der Waals surface area contributed by atoms with E-state index >= 15 is 0 Å². The molecule has 0 bridgehead atoms. The van der Waals surface area contributed by atoms with Crippen LogP contribution in [0.1, 0.15) is 24.4 Å². The topological polar surface area (TPSA) is 103 Å². The molecule has 9 heteroatoms. The van der Waals surface area contributed by atoms with Crippen LogP contribution in [0.5, 0.6) is 0 Å². The van der Waals surface area contributed by atoms with E-state index in [2.05, 4.69) is 32.6 Å². The molecule has 0 atom stereocenters. The summed E-state index contributed by atoms with van der Waals surface area (Å²) in [5.74, 6) is 0.471. The number of hydrazine groups is 1. The predicted octanol–water partition coefficient (Wildman–Crippen LogP) is 3.50. The van der Waals surface area contributed by atoms with Crippen molar-refractivity contribution in [1.29, 1.82) is 5.53 Å². The Morgan fingerprint density at radius 3 is 2.79 bits per heavy atom. The van der Waals surface area contributed by atoms with Crippen LogP contribution in [0.4, 0.5) is 11.4 Å². The van der Waals surface area contributed by atoms with Crippen LogP contribution in [-0.4, -0.2) is 28.8 Å². The van der Waals surface area contributed by atoms with Gasteiger partial charge >= 0.3 is 0 Å². The van der Waals surface area contributed by atoms with Crippen molar-refractivity contribution >= 4 is 23.3 Å². The van der Waals surface area contributed by atoms with E-state index in [0.29, 0.717) is 17.6 Å². The van der Waals surface area contributed by atoms with Crippen LogP contribution in [0.3, 0.4) is 0 Å². The molecule has 0 amide bonds. The van der Waals surface area contributed by atoms with Crippen molar-refractivity contribution in [3.8, 4) is 0 Å². The van der Waals surface area contributed by atoms with Crippen molar-refractivity contribution in [2.24, 2.45) is 10.2 Å². The second-order valence-electron chi connectivity index (χ2n) is 6.50. The summed E-state index contributed by atoms with van der Waals surface area (Å²) in [6.45, 7) is 5.28. The molecule has 3 heterocycles. The van der Waals surface area contributed by atoms with Gasteiger partial charge in [0.15, 0.2) is 5.84 Å². The van der Waals surface area contributed by atoms with Crippen molar-refractivity contribution in [2.75, 3.05) is 23.6 Å². The number of aromatic nitrogens is 2. The Morgan fingerprint density at radius 1 is 1.29 bits per heavy atom. The van der Waals surface area contributed by atoms with E-state index in [1.54, 1.807) is 23.6 Å². The van der Waals surface area contributed by atoms with Crippen LogP contribution in [-0.2, 0) is 4.74 Å². The molecule has 1 aromatic heterocycles. The maximum Gasteiger partial charge on any atom is 0.182 e. The lowest BCUT2D eigenvalue weighted by molar-refractivity contribution is 0.0662. The first kappa shape index (κ1) is 17.9. The minimum atomic E-state index is 0.339. The zero-order chi connectivity index (χ0) is 19.3. The molecular formula is C19H22N8O. The van der Waals surface area contributed by atoms with Crippen molar-refractivity contribution in [1.82, 2.24) is 15.2 Å². The van der Waals surface area contributed by atoms with Gasteiger partial charge in [0.05, 0.1) is 24.6 Å². The Balaban J connectivity index is 1.53. The zero-order valence-electron chi connectivity index (χ0n) is 15.4. The van der Waals surface area contributed by atoms with E-state index in [9.17, 15) is 0 Å². The van der Waals surface area contributed by atoms with Gasteiger partial charge in [-0.3, -0.25) is 10.1 Å². The normalized spacial score (nSPS) is 17.4. The van der Waals surface area contributed by atoms with Crippen LogP contribution in [0, 0.1) is 5.53 Å². The lowest BCUT2D eigenvalue weighted by Gasteiger charge is -2.24. The van der Waals surface area contributed by atoms with E-state index in [1.165, 1.54) is 0 Å². The standard InChI is InChI=1S/C19H22N8O/c1-2-14-3-5-15(6-4-14)23-19-18(24-20)12-22-27(25-19)17-11-21-26(13-17)16-7-9-28-10-8-16/h2-6,11-13,16,20,22H,1,7-10H2,(H,23,25). The van der Waals surface area contributed by atoms with Gasteiger partial charge in [-0.25, -0.2) is 5.53 Å². The monoisotopic (exact) mass is 378 g/mol. The van der Waals surface area contributed by atoms with Gasteiger partial charge in [0.25, 0.3) is 0 Å². The molecule has 0 spiro atoms. The number of ether oxygens (including phenoxy) is 1. The summed E-state index contributed by atoms with van der Waals surface area (Å²) in [6.07, 6.45) is 9.04. The Bertz CT molecular complexity index is 908. The highest BCUT2D eigenvalue weighted by atomic mass is 16.5. The Hall–Kier alpha value is -3.46. The third kappa shape index (κ3) is 3.79. The molecule has 28 heavy (non-hydrogen) atoms. The van der Waals surface area contributed by atoms with Gasteiger partial charge in [-0.05, 0) is 30.5 Å². The average molecular weight is 378 g/mol. The molecule has 0 radical (unpaired) electrons. The molecule has 3 N–H and O–H groups in total. The van der Waals surface area contributed by atoms with Gasteiger partial charge in [0.1, 0.15) is 11.4 Å². The first-order valence-electron chi connectivity index (χ1n) is 9.11. The Morgan fingerprint density at radius 2 is 2.07 bits per heavy atom. The van der Waals surface area contributed by atoms with Crippen molar-refractivity contribution in [2.45, 2.75) is 18.9 Å². The van der Waals surface area contributed by atoms with Gasteiger partial charge in [0.2, 0.25) is 0 Å². The molecule has 0 saturated carbocycles. The minimum absolute atomic E-state index is 0.339. The molecule has 2 aliphatic rings. The van der Waals surface area contributed by atoms with E-state index < -0.39 is 0 Å². The van der Waals surface area contributed by atoms with E-state index in [4.69, 9.17) is 10.3 Å². The van der Waals surface area contributed by atoms with E-state index in [-0.39, 0.29) is 0 Å². The molecular weight excluding hydrogens is 356 g/mol. The van der Waals surface area contributed by atoms with Crippen molar-refractivity contribution in [3.63, 3.8) is 0 Å². The fourth-order valence-corrected chi connectivity index (χ4v) is 3.10. The maximum atomic E-state index is 7.40. The summed E-state index contributed by atoms with van der Waals surface area (Å²) < 4.78 is 7.38. The number of nitrogens with zero attached hydrogens (tertiary/aromatic N) is 5. The SMILES string of the molecule is C=Cc1ccc(NC2=NN(c3cnn(C4CCOCC4)c3)NC=C2N=N)cc1. The summed E-state index contributed by atoms with van der Waals surface area (Å²) in [7, 11) is 0. The smallest absolute Gasteiger partial charge is 0.182 e. The van der Waals surface area contributed by atoms with Crippen molar-refractivity contribution < 1.29 is 4.74 Å². The largest absolute Gasteiger partial charge is 0.381 e. The van der Waals surface area contributed by atoms with Crippen LogP contribution in [0.2, 0.25) is 0 Å². The van der Waals surface area contributed by atoms with Gasteiger partial charge in [0, 0.05) is 18.9 Å². The number of hydrazone groups is 1. The lowest BCUT2D eigenvalue weighted by atomic mass is 10.1. The van der Waals surface area contributed by atoms with Crippen LogP contribution in [0.25, 0.3) is 6.08 Å². The predicted molar refractivity (Wildman–Crippen MR) is 108 cm³/mol. The molecule has 1 aromatic carbocycles. The van der Waals surface area contributed by atoms with Crippen LogP contribution in [0.15, 0.2) is 65.4 Å². The van der Waals surface area contributed by atoms with Gasteiger partial charge in [-0.1, -0.05) is 24.8 Å². The molecule has 0 unspecified atom stereocenters. The molecule has 2 aromatic rings. The first-order valence-corrected chi connectivity index (χ1v) is 9.11. The van der Waals surface area contributed by atoms with Crippen molar-refractivity contribution in [3.05, 3.63) is 60.7 Å². The number of rotatable bonds is 5. The number of amidine groups is 1. The fourth-order valence-electron chi connectivity index (χ4n) is 3.10. The lowest BCUT2D eigenvalue weighted by Crippen LogP contribution is -2.36. The summed E-state index contributed by atoms with van der Waals surface area (Å²) in [5.41, 5.74) is 13.5. The highest BCUT2D eigenvalue weighted by molar-refractivity contribution is 6.08. The highest BCUT2D eigenvalue weighted by Gasteiger charge is 2.20. The summed E-state index contributed by atoms with van der Waals surface area (Å²) in [4.78, 5) is 0. The number of hydrogen-bond donors (Lipinski definition) is 3. The molecule has 1 fully saturated rings. The third-order valence-corrected chi connectivity index (χ3v) is 4.69. The first-order chi connectivity index (χ1) is 13.8. The number of nitrogens with one attached hydrogen (secondary N) is 3. The Labute approximate surface area is 162 Å². The second kappa shape index (κ2) is 8.05. The number of benzene rings is 1. The zero-order valence-corrected chi connectivity index (χ0v) is 15.4. The molecule has 9 nitrogen and oxygen atoms in total. The highest BCUT2D eigenvalue weighted by Crippen LogP contribution is 2.24. The van der Waals surface area contributed by atoms with Gasteiger partial charge < -0.3 is 10.1 Å². The van der Waals surface area contributed by atoms with Gasteiger partial charge in [-0.15, -0.1) is 5.10 Å². The Kier molecular flexibility index (Phi) is 5.16. The molecule has 4 rings (SSSR count). The third-order valence-electron chi connectivity index (χ3n) is 4.69. The average Bonchev–Trinajstić information content (AvgIpc) is 3.25. The van der Waals surface area contributed by atoms with E-state index in [0.717, 1.165) is 43.0 Å². The summed E-state index contributed by atoms with van der Waals surface area (Å²) in [6, 6.07) is 8.10. The van der Waals surface area contributed by atoms with Gasteiger partial charge in [-0.2, -0.15) is 15.3 Å². The van der Waals surface area contributed by atoms with Crippen LogP contribution >= 0.6 is 0 Å². The molecule has 1 saturated heterocycles. The molecule has 144 valence electrons. The quantitative estimate of drug-likeness (QED) is 0.691. The molecule has 0 aliphatic carbocycles. The summed E-state index contributed by atoms with van der Waals surface area (Å²) >= 11 is 0. The van der Waals surface area contributed by atoms with E-state index in [1.807, 2.05) is 35.1 Å². The number of hydrogen-bond acceptors (Lipinski definition) is 8. The minimum Gasteiger partial charge on any atom is -0.381 e. The van der Waals surface area contributed by atoms with Crippen LogP contribution < -0.4 is 15.9 Å². The summed E-state index contributed by atoms with van der Waals surface area (Å²) in [5, 5.41) is 17.4.